The zero-order valence-electron chi connectivity index (χ0n) is 28.6. The molecule has 1 heterocycles. The molecule has 1 nitrogen and oxygen atoms in total. The highest BCUT2D eigenvalue weighted by Gasteiger charge is 2.37. The predicted octanol–water partition coefficient (Wildman–Crippen LogP) is 14.3. The topological polar surface area (TPSA) is 3.24 Å². The normalized spacial score (nSPS) is 13.1. The Morgan fingerprint density at radius 2 is 1.10 bits per heavy atom. The first-order valence-corrected chi connectivity index (χ1v) is 18.5. The van der Waals surface area contributed by atoms with Crippen molar-refractivity contribution in [1.29, 1.82) is 0 Å². The van der Waals surface area contributed by atoms with Crippen molar-refractivity contribution in [3.63, 3.8) is 0 Å². The minimum Gasteiger partial charge on any atom is -0.308 e. The number of para-hydroxylation sites is 1. The molecule has 9 aromatic rings. The lowest BCUT2D eigenvalue weighted by Crippen LogP contribution is -2.15. The van der Waals surface area contributed by atoms with Crippen LogP contribution in [0, 0.1) is 0 Å². The van der Waals surface area contributed by atoms with Gasteiger partial charge in [0.1, 0.15) is 0 Å². The summed E-state index contributed by atoms with van der Waals surface area (Å²) >= 11 is 1.88. The van der Waals surface area contributed by atoms with Gasteiger partial charge in [-0.25, -0.2) is 0 Å². The van der Waals surface area contributed by atoms with Crippen molar-refractivity contribution in [3.8, 4) is 33.4 Å². The van der Waals surface area contributed by atoms with E-state index >= 15 is 0 Å². The lowest BCUT2D eigenvalue weighted by molar-refractivity contribution is 0.660. The molecule has 10 rings (SSSR count). The van der Waals surface area contributed by atoms with Gasteiger partial charge >= 0.3 is 0 Å². The Balaban J connectivity index is 1.24. The number of rotatable bonds is 5. The van der Waals surface area contributed by atoms with Gasteiger partial charge in [-0.2, -0.15) is 0 Å². The highest BCUT2D eigenvalue weighted by Crippen LogP contribution is 2.54. The molecule has 0 amide bonds. The number of benzene rings is 8. The van der Waals surface area contributed by atoms with Crippen molar-refractivity contribution in [2.45, 2.75) is 19.3 Å². The standard InChI is InChI=1S/C49H35NS/c1-49(2)42-23-8-5-20-41(42)47-39(21-12-24-43(47)49)37-18-6-9-25-44(37)50(45-26-13-22-40-38-19-7-10-27-46(38)51-48(40)45)36-17-11-16-34(31-36)35-29-28-32-14-3-4-15-33(32)30-35/h3-31H,1-2H3. The summed E-state index contributed by atoms with van der Waals surface area (Å²) in [4.78, 5) is 2.50. The molecular weight excluding hydrogens is 635 g/mol. The fraction of sp³-hybridized carbons (Fsp3) is 0.0612. The summed E-state index contributed by atoms with van der Waals surface area (Å²) in [6.07, 6.45) is 0. The van der Waals surface area contributed by atoms with Crippen LogP contribution in [0.1, 0.15) is 25.0 Å². The fourth-order valence-electron chi connectivity index (χ4n) is 8.39. The molecule has 0 fully saturated rings. The van der Waals surface area contributed by atoms with Crippen molar-refractivity contribution in [3.05, 3.63) is 187 Å². The van der Waals surface area contributed by atoms with E-state index < -0.39 is 0 Å². The first kappa shape index (κ1) is 29.9. The van der Waals surface area contributed by atoms with E-state index in [0.29, 0.717) is 0 Å². The van der Waals surface area contributed by atoms with Crippen molar-refractivity contribution < 1.29 is 0 Å². The van der Waals surface area contributed by atoms with Gasteiger partial charge in [-0.05, 0) is 86.1 Å². The molecule has 0 N–H and O–H groups in total. The maximum absolute atomic E-state index is 2.50. The van der Waals surface area contributed by atoms with E-state index in [1.807, 2.05) is 11.3 Å². The van der Waals surface area contributed by atoms with Crippen LogP contribution in [0.15, 0.2) is 176 Å². The summed E-state index contributed by atoms with van der Waals surface area (Å²) in [6.45, 7) is 4.72. The number of anilines is 3. The first-order chi connectivity index (χ1) is 25.1. The number of hydrogen-bond donors (Lipinski definition) is 0. The molecule has 0 unspecified atom stereocenters. The minimum absolute atomic E-state index is 0.0760. The summed E-state index contributed by atoms with van der Waals surface area (Å²) in [5, 5.41) is 5.10. The van der Waals surface area contributed by atoms with Crippen LogP contribution in [0.3, 0.4) is 0 Å². The molecule has 0 aliphatic heterocycles. The zero-order valence-corrected chi connectivity index (χ0v) is 29.4. The van der Waals surface area contributed by atoms with E-state index in [4.69, 9.17) is 0 Å². The summed E-state index contributed by atoms with van der Waals surface area (Å²) in [5.74, 6) is 0. The van der Waals surface area contributed by atoms with Gasteiger partial charge in [0, 0.05) is 32.1 Å². The van der Waals surface area contributed by atoms with Crippen LogP contribution in [-0.4, -0.2) is 0 Å². The van der Waals surface area contributed by atoms with E-state index in [1.54, 1.807) is 0 Å². The van der Waals surface area contributed by atoms with E-state index in [1.165, 1.54) is 81.1 Å². The Morgan fingerprint density at radius 3 is 2.02 bits per heavy atom. The van der Waals surface area contributed by atoms with E-state index in [0.717, 1.165) is 11.4 Å². The van der Waals surface area contributed by atoms with Gasteiger partial charge in [-0.15, -0.1) is 11.3 Å². The third kappa shape index (κ3) is 4.67. The second-order valence-corrected chi connectivity index (χ2v) is 15.2. The Bertz CT molecular complexity index is 2800. The maximum atomic E-state index is 2.50. The Kier molecular flexibility index (Phi) is 6.78. The van der Waals surface area contributed by atoms with E-state index in [9.17, 15) is 0 Å². The smallest absolute Gasteiger partial charge is 0.0640 e. The van der Waals surface area contributed by atoms with Crippen LogP contribution in [0.2, 0.25) is 0 Å². The average molecular weight is 670 g/mol. The Labute approximate surface area is 302 Å². The number of nitrogens with zero attached hydrogens (tertiary/aromatic N) is 1. The molecule has 1 aliphatic rings. The molecule has 0 radical (unpaired) electrons. The second-order valence-electron chi connectivity index (χ2n) is 14.1. The number of thiophene rings is 1. The maximum Gasteiger partial charge on any atom is 0.0640 e. The molecule has 1 aromatic heterocycles. The predicted molar refractivity (Wildman–Crippen MR) is 220 cm³/mol. The van der Waals surface area contributed by atoms with Gasteiger partial charge in [0.2, 0.25) is 0 Å². The van der Waals surface area contributed by atoms with Crippen LogP contribution in [-0.2, 0) is 5.41 Å². The minimum atomic E-state index is -0.0760. The van der Waals surface area contributed by atoms with Crippen LogP contribution < -0.4 is 4.90 Å². The largest absolute Gasteiger partial charge is 0.308 e. The van der Waals surface area contributed by atoms with Gasteiger partial charge in [0.15, 0.2) is 0 Å². The second kappa shape index (κ2) is 11.6. The summed E-state index contributed by atoms with van der Waals surface area (Å²) in [7, 11) is 0. The fourth-order valence-corrected chi connectivity index (χ4v) is 9.59. The third-order valence-electron chi connectivity index (χ3n) is 10.9. The molecular formula is C49H35NS. The quantitative estimate of drug-likeness (QED) is 0.176. The molecule has 0 saturated carbocycles. The summed E-state index contributed by atoms with van der Waals surface area (Å²) in [5.41, 5.74) is 13.7. The van der Waals surface area contributed by atoms with E-state index in [2.05, 4.69) is 195 Å². The van der Waals surface area contributed by atoms with Gasteiger partial charge in [-0.3, -0.25) is 0 Å². The monoisotopic (exact) mass is 669 g/mol. The lowest BCUT2D eigenvalue weighted by atomic mass is 9.82. The average Bonchev–Trinajstić information content (AvgIpc) is 3.68. The molecule has 51 heavy (non-hydrogen) atoms. The summed E-state index contributed by atoms with van der Waals surface area (Å²) < 4.78 is 2.59. The Morgan fingerprint density at radius 1 is 0.451 bits per heavy atom. The SMILES string of the molecule is CC1(C)c2ccccc2-c2c(-c3ccccc3N(c3cccc(-c4ccc5ccccc5c4)c3)c3cccc4c3sc3ccccc34)cccc21. The number of hydrogen-bond acceptors (Lipinski definition) is 2. The summed E-state index contributed by atoms with van der Waals surface area (Å²) in [6, 6.07) is 64.9. The molecule has 242 valence electrons. The van der Waals surface area contributed by atoms with Gasteiger partial charge in [0.25, 0.3) is 0 Å². The molecule has 2 heteroatoms. The van der Waals surface area contributed by atoms with Gasteiger partial charge < -0.3 is 4.90 Å². The zero-order chi connectivity index (χ0) is 34.1. The van der Waals surface area contributed by atoms with Crippen LogP contribution in [0.25, 0.3) is 64.3 Å². The molecule has 0 saturated heterocycles. The molecule has 0 bridgehead atoms. The molecule has 8 aromatic carbocycles. The highest BCUT2D eigenvalue weighted by atomic mass is 32.1. The number of fused-ring (bicyclic) bond motifs is 7. The van der Waals surface area contributed by atoms with Crippen molar-refractivity contribution in [2.24, 2.45) is 0 Å². The van der Waals surface area contributed by atoms with E-state index in [-0.39, 0.29) is 5.41 Å². The van der Waals surface area contributed by atoms with Crippen molar-refractivity contribution in [2.75, 3.05) is 4.90 Å². The lowest BCUT2D eigenvalue weighted by Gasteiger charge is -2.29. The third-order valence-corrected chi connectivity index (χ3v) is 12.1. The highest BCUT2D eigenvalue weighted by molar-refractivity contribution is 7.26. The molecule has 0 spiro atoms. The van der Waals surface area contributed by atoms with Crippen molar-refractivity contribution in [1.82, 2.24) is 0 Å². The van der Waals surface area contributed by atoms with Gasteiger partial charge in [0.05, 0.1) is 16.1 Å². The van der Waals surface area contributed by atoms with Crippen molar-refractivity contribution >= 4 is 59.3 Å². The molecule has 1 aliphatic carbocycles. The molecule has 0 atom stereocenters. The first-order valence-electron chi connectivity index (χ1n) is 17.7. The van der Waals surface area contributed by atoms with Crippen LogP contribution in [0.5, 0.6) is 0 Å². The Hall–Kier alpha value is -5.96. The van der Waals surface area contributed by atoms with Crippen LogP contribution >= 0.6 is 11.3 Å². The van der Waals surface area contributed by atoms with Crippen LogP contribution in [0.4, 0.5) is 17.1 Å². The van der Waals surface area contributed by atoms with Gasteiger partial charge in [-0.1, -0.05) is 153 Å².